The molecule has 1 heterocycles. The second kappa shape index (κ2) is 7.40. The standard InChI is InChI=1S/C14H24N4O/c1-3-7-18(13-4-5-13)14-16-10-12(11-17-14)9-15-6-8-19-2/h10-11,13,15H,3-9H2,1-2H3. The van der Waals surface area contributed by atoms with Crippen LogP contribution >= 0.6 is 0 Å². The van der Waals surface area contributed by atoms with E-state index in [4.69, 9.17) is 4.74 Å². The first-order valence-corrected chi connectivity index (χ1v) is 7.12. The molecule has 0 radical (unpaired) electrons. The van der Waals surface area contributed by atoms with Gasteiger partial charge in [0.25, 0.3) is 0 Å². The van der Waals surface area contributed by atoms with E-state index in [0.29, 0.717) is 6.04 Å². The van der Waals surface area contributed by atoms with Crippen molar-refractivity contribution in [3.63, 3.8) is 0 Å². The average Bonchev–Trinajstić information content (AvgIpc) is 3.26. The van der Waals surface area contributed by atoms with Crippen molar-refractivity contribution in [2.24, 2.45) is 0 Å². The minimum absolute atomic E-state index is 0.672. The monoisotopic (exact) mass is 264 g/mol. The summed E-state index contributed by atoms with van der Waals surface area (Å²) in [5, 5.41) is 3.29. The highest BCUT2D eigenvalue weighted by Gasteiger charge is 2.29. The number of methoxy groups -OCH3 is 1. The molecule has 19 heavy (non-hydrogen) atoms. The van der Waals surface area contributed by atoms with Crippen molar-refractivity contribution in [2.75, 3.05) is 31.7 Å². The number of anilines is 1. The first kappa shape index (κ1) is 14.2. The van der Waals surface area contributed by atoms with Crippen molar-refractivity contribution in [1.82, 2.24) is 15.3 Å². The van der Waals surface area contributed by atoms with Gasteiger partial charge >= 0.3 is 0 Å². The first-order valence-electron chi connectivity index (χ1n) is 7.12. The minimum atomic E-state index is 0.672. The van der Waals surface area contributed by atoms with E-state index in [0.717, 1.165) is 44.2 Å². The zero-order chi connectivity index (χ0) is 13.5. The predicted octanol–water partition coefficient (Wildman–Crippen LogP) is 1.59. The molecule has 0 aromatic carbocycles. The Morgan fingerprint density at radius 1 is 1.37 bits per heavy atom. The van der Waals surface area contributed by atoms with Gasteiger partial charge < -0.3 is 15.0 Å². The third-order valence-corrected chi connectivity index (χ3v) is 3.21. The van der Waals surface area contributed by atoms with E-state index >= 15 is 0 Å². The van der Waals surface area contributed by atoms with Gasteiger partial charge in [0.1, 0.15) is 0 Å². The van der Waals surface area contributed by atoms with Crippen LogP contribution in [0.3, 0.4) is 0 Å². The van der Waals surface area contributed by atoms with Gasteiger partial charge in [-0.1, -0.05) is 6.92 Å². The number of rotatable bonds is 9. The quantitative estimate of drug-likeness (QED) is 0.686. The van der Waals surface area contributed by atoms with Crippen LogP contribution in [0.25, 0.3) is 0 Å². The Balaban J connectivity index is 1.86. The third kappa shape index (κ3) is 4.44. The molecule has 5 nitrogen and oxygen atoms in total. The van der Waals surface area contributed by atoms with Gasteiger partial charge in [-0.15, -0.1) is 0 Å². The van der Waals surface area contributed by atoms with Gasteiger partial charge in [0, 0.05) is 50.7 Å². The zero-order valence-electron chi connectivity index (χ0n) is 11.9. The molecule has 0 bridgehead atoms. The Hall–Kier alpha value is -1.20. The van der Waals surface area contributed by atoms with Crippen molar-refractivity contribution < 1.29 is 4.74 Å². The normalized spacial score (nSPS) is 14.6. The van der Waals surface area contributed by atoms with Crippen LogP contribution in [0.2, 0.25) is 0 Å². The van der Waals surface area contributed by atoms with Crippen LogP contribution in [0.1, 0.15) is 31.7 Å². The molecular formula is C14H24N4O. The Labute approximate surface area is 115 Å². The van der Waals surface area contributed by atoms with Gasteiger partial charge in [-0.3, -0.25) is 0 Å². The van der Waals surface area contributed by atoms with Crippen LogP contribution in [0.15, 0.2) is 12.4 Å². The van der Waals surface area contributed by atoms with Gasteiger partial charge in [0.15, 0.2) is 0 Å². The fraction of sp³-hybridized carbons (Fsp3) is 0.714. The van der Waals surface area contributed by atoms with Crippen LogP contribution in [0, 0.1) is 0 Å². The molecule has 2 rings (SSSR count). The van der Waals surface area contributed by atoms with Crippen molar-refractivity contribution in [3.8, 4) is 0 Å². The maximum Gasteiger partial charge on any atom is 0.225 e. The Kier molecular flexibility index (Phi) is 5.54. The SMILES string of the molecule is CCCN(c1ncc(CNCCOC)cn1)C1CC1. The zero-order valence-corrected chi connectivity index (χ0v) is 11.9. The highest BCUT2D eigenvalue weighted by atomic mass is 16.5. The Morgan fingerprint density at radius 2 is 2.11 bits per heavy atom. The lowest BCUT2D eigenvalue weighted by Crippen LogP contribution is -2.28. The van der Waals surface area contributed by atoms with E-state index in [9.17, 15) is 0 Å². The minimum Gasteiger partial charge on any atom is -0.383 e. The number of aromatic nitrogens is 2. The van der Waals surface area contributed by atoms with E-state index in [1.165, 1.54) is 12.8 Å². The maximum absolute atomic E-state index is 4.99. The van der Waals surface area contributed by atoms with Gasteiger partial charge in [-0.25, -0.2) is 9.97 Å². The number of nitrogens with zero attached hydrogens (tertiary/aromatic N) is 3. The summed E-state index contributed by atoms with van der Waals surface area (Å²) in [5.41, 5.74) is 1.12. The molecule has 0 saturated heterocycles. The lowest BCUT2D eigenvalue weighted by molar-refractivity contribution is 0.199. The summed E-state index contributed by atoms with van der Waals surface area (Å²) in [5.74, 6) is 0.880. The lowest BCUT2D eigenvalue weighted by Gasteiger charge is -2.21. The van der Waals surface area contributed by atoms with Crippen molar-refractivity contribution in [1.29, 1.82) is 0 Å². The predicted molar refractivity (Wildman–Crippen MR) is 76.3 cm³/mol. The maximum atomic E-state index is 4.99. The molecule has 1 fully saturated rings. The average molecular weight is 264 g/mol. The van der Waals surface area contributed by atoms with E-state index < -0.39 is 0 Å². The smallest absolute Gasteiger partial charge is 0.225 e. The molecule has 1 aromatic rings. The van der Waals surface area contributed by atoms with Gasteiger partial charge in [-0.2, -0.15) is 0 Å². The fourth-order valence-electron chi connectivity index (χ4n) is 2.07. The first-order chi connectivity index (χ1) is 9.35. The number of ether oxygens (including phenoxy) is 1. The highest BCUT2D eigenvalue weighted by molar-refractivity contribution is 5.33. The number of nitrogens with one attached hydrogen (secondary N) is 1. The molecule has 5 heteroatoms. The second-order valence-electron chi connectivity index (χ2n) is 4.99. The molecule has 0 unspecified atom stereocenters. The van der Waals surface area contributed by atoms with E-state index in [1.54, 1.807) is 7.11 Å². The van der Waals surface area contributed by atoms with E-state index in [1.807, 2.05) is 12.4 Å². The van der Waals surface area contributed by atoms with Crippen LogP contribution < -0.4 is 10.2 Å². The lowest BCUT2D eigenvalue weighted by atomic mass is 10.3. The molecule has 1 aliphatic carbocycles. The summed E-state index contributed by atoms with van der Waals surface area (Å²) in [6, 6.07) is 0.672. The number of hydrogen-bond donors (Lipinski definition) is 1. The molecular weight excluding hydrogens is 240 g/mol. The Bertz CT molecular complexity index is 364. The molecule has 0 spiro atoms. The molecule has 0 aliphatic heterocycles. The van der Waals surface area contributed by atoms with E-state index in [2.05, 4.69) is 27.1 Å². The third-order valence-electron chi connectivity index (χ3n) is 3.21. The summed E-state index contributed by atoms with van der Waals surface area (Å²) in [4.78, 5) is 11.3. The molecule has 106 valence electrons. The molecule has 1 aliphatic rings. The number of hydrogen-bond acceptors (Lipinski definition) is 5. The fourth-order valence-corrected chi connectivity index (χ4v) is 2.07. The summed E-state index contributed by atoms with van der Waals surface area (Å²) >= 11 is 0. The summed E-state index contributed by atoms with van der Waals surface area (Å²) in [7, 11) is 1.71. The second-order valence-corrected chi connectivity index (χ2v) is 4.99. The highest BCUT2D eigenvalue weighted by Crippen LogP contribution is 2.29. The van der Waals surface area contributed by atoms with Gasteiger partial charge in [0.2, 0.25) is 5.95 Å². The van der Waals surface area contributed by atoms with Crippen molar-refractivity contribution in [2.45, 2.75) is 38.8 Å². The van der Waals surface area contributed by atoms with Crippen LogP contribution in [0.4, 0.5) is 5.95 Å². The molecule has 0 amide bonds. The van der Waals surface area contributed by atoms with Crippen LogP contribution in [0.5, 0.6) is 0 Å². The molecule has 1 aromatic heterocycles. The van der Waals surface area contributed by atoms with Crippen molar-refractivity contribution in [3.05, 3.63) is 18.0 Å². The summed E-state index contributed by atoms with van der Waals surface area (Å²) in [6.07, 6.45) is 7.55. The summed E-state index contributed by atoms with van der Waals surface area (Å²) < 4.78 is 4.99. The van der Waals surface area contributed by atoms with Gasteiger partial charge in [0.05, 0.1) is 6.61 Å². The molecule has 0 atom stereocenters. The topological polar surface area (TPSA) is 50.3 Å². The van der Waals surface area contributed by atoms with Gasteiger partial charge in [-0.05, 0) is 19.3 Å². The summed E-state index contributed by atoms with van der Waals surface area (Å²) in [6.45, 7) is 5.62. The van der Waals surface area contributed by atoms with Crippen LogP contribution in [-0.4, -0.2) is 42.8 Å². The Morgan fingerprint density at radius 3 is 2.68 bits per heavy atom. The molecule has 1 N–H and O–H groups in total. The molecule has 1 saturated carbocycles. The largest absolute Gasteiger partial charge is 0.383 e. The van der Waals surface area contributed by atoms with E-state index in [-0.39, 0.29) is 0 Å². The van der Waals surface area contributed by atoms with Crippen molar-refractivity contribution >= 4 is 5.95 Å². The van der Waals surface area contributed by atoms with Crippen LogP contribution in [-0.2, 0) is 11.3 Å².